The molecule has 35 heavy (non-hydrogen) atoms. The first-order chi connectivity index (χ1) is 16.6. The van der Waals surface area contributed by atoms with E-state index >= 15 is 0 Å². The highest BCUT2D eigenvalue weighted by atomic mass is 16.6. The number of aryl methyl sites for hydroxylation is 1. The lowest BCUT2D eigenvalue weighted by Crippen LogP contribution is -2.50. The van der Waals surface area contributed by atoms with Crippen molar-refractivity contribution in [2.75, 3.05) is 31.1 Å². The standard InChI is InChI=1S/C25H30N6O4/c1-16-5-6-17(13-26-16)14-28-23(33)21-22(32)18-7-8-20(29-19(18)15-27-21)30-9-11-31(12-10-30)24(34)35-25(2,3)4/h5-8,13,15,32H,9-12,14H2,1-4H3,(H,28,33). The van der Waals surface area contributed by atoms with Crippen molar-refractivity contribution in [2.24, 2.45) is 0 Å². The van der Waals surface area contributed by atoms with E-state index in [1.807, 2.05) is 39.8 Å². The van der Waals surface area contributed by atoms with Gasteiger partial charge in [-0.3, -0.25) is 9.78 Å². The molecule has 0 unspecified atom stereocenters. The molecule has 1 aliphatic heterocycles. The zero-order chi connectivity index (χ0) is 25.2. The van der Waals surface area contributed by atoms with Crippen LogP contribution in [-0.4, -0.2) is 68.7 Å². The van der Waals surface area contributed by atoms with Gasteiger partial charge in [-0.15, -0.1) is 0 Å². The smallest absolute Gasteiger partial charge is 0.410 e. The Morgan fingerprint density at radius 1 is 1.06 bits per heavy atom. The number of aromatic nitrogens is 3. The molecular formula is C25H30N6O4. The number of carbonyl (C=O) groups excluding carboxylic acids is 2. The fraction of sp³-hybridized carbons (Fsp3) is 0.400. The molecule has 3 aromatic rings. The quantitative estimate of drug-likeness (QED) is 0.587. The maximum absolute atomic E-state index is 12.6. The first-order valence-electron chi connectivity index (χ1n) is 11.5. The largest absolute Gasteiger partial charge is 0.505 e. The number of hydrogen-bond donors (Lipinski definition) is 2. The number of rotatable bonds is 4. The van der Waals surface area contributed by atoms with Crippen molar-refractivity contribution in [1.82, 2.24) is 25.2 Å². The van der Waals surface area contributed by atoms with Crippen LogP contribution in [0.25, 0.3) is 10.9 Å². The summed E-state index contributed by atoms with van der Waals surface area (Å²) in [6.45, 7) is 9.96. The Morgan fingerprint density at radius 3 is 2.46 bits per heavy atom. The Bertz CT molecular complexity index is 1230. The van der Waals surface area contributed by atoms with Crippen LogP contribution in [0.15, 0.2) is 36.7 Å². The third-order valence-corrected chi connectivity index (χ3v) is 5.60. The second kappa shape index (κ2) is 9.73. The van der Waals surface area contributed by atoms with Crippen molar-refractivity contribution in [3.8, 4) is 5.75 Å². The molecule has 0 bridgehead atoms. The van der Waals surface area contributed by atoms with Crippen molar-refractivity contribution in [2.45, 2.75) is 39.8 Å². The van der Waals surface area contributed by atoms with Gasteiger partial charge in [0.15, 0.2) is 11.4 Å². The first kappa shape index (κ1) is 24.2. The zero-order valence-corrected chi connectivity index (χ0v) is 20.4. The van der Waals surface area contributed by atoms with Crippen LogP contribution < -0.4 is 10.2 Å². The molecule has 0 spiro atoms. The fourth-order valence-electron chi connectivity index (χ4n) is 3.73. The number of hydrogen-bond acceptors (Lipinski definition) is 8. The average Bonchev–Trinajstić information content (AvgIpc) is 2.82. The summed E-state index contributed by atoms with van der Waals surface area (Å²) in [5.41, 5.74) is 1.64. The number of pyridine rings is 3. The number of fused-ring (bicyclic) bond motifs is 1. The lowest BCUT2D eigenvalue weighted by molar-refractivity contribution is 0.0240. The number of anilines is 1. The lowest BCUT2D eigenvalue weighted by Gasteiger charge is -2.36. The molecule has 3 aromatic heterocycles. The molecule has 4 rings (SSSR count). The fourth-order valence-corrected chi connectivity index (χ4v) is 3.73. The molecule has 0 aromatic carbocycles. The Labute approximate surface area is 204 Å². The summed E-state index contributed by atoms with van der Waals surface area (Å²) >= 11 is 0. The predicted octanol–water partition coefficient (Wildman–Crippen LogP) is 3.03. The predicted molar refractivity (Wildman–Crippen MR) is 131 cm³/mol. The molecule has 0 aliphatic carbocycles. The Morgan fingerprint density at radius 2 is 1.80 bits per heavy atom. The highest BCUT2D eigenvalue weighted by Crippen LogP contribution is 2.28. The number of aromatic hydroxyl groups is 1. The highest BCUT2D eigenvalue weighted by Gasteiger charge is 2.26. The summed E-state index contributed by atoms with van der Waals surface area (Å²) in [4.78, 5) is 41.6. The van der Waals surface area contributed by atoms with Crippen LogP contribution in [0.3, 0.4) is 0 Å². The van der Waals surface area contributed by atoms with E-state index in [1.165, 1.54) is 6.20 Å². The van der Waals surface area contributed by atoms with Crippen LogP contribution in [0.2, 0.25) is 0 Å². The van der Waals surface area contributed by atoms with Crippen molar-refractivity contribution in [3.05, 3.63) is 53.6 Å². The van der Waals surface area contributed by atoms with E-state index in [1.54, 1.807) is 23.2 Å². The summed E-state index contributed by atoms with van der Waals surface area (Å²) in [7, 11) is 0. The second-order valence-corrected chi connectivity index (χ2v) is 9.50. The van der Waals surface area contributed by atoms with Crippen molar-refractivity contribution >= 4 is 28.7 Å². The van der Waals surface area contributed by atoms with Gasteiger partial charge in [0.05, 0.1) is 11.7 Å². The first-order valence-corrected chi connectivity index (χ1v) is 11.5. The van der Waals surface area contributed by atoms with Crippen LogP contribution in [0.5, 0.6) is 5.75 Å². The van der Waals surface area contributed by atoms with E-state index in [2.05, 4.69) is 25.2 Å². The molecule has 1 saturated heterocycles. The van der Waals surface area contributed by atoms with Crippen molar-refractivity contribution in [1.29, 1.82) is 0 Å². The van der Waals surface area contributed by atoms with E-state index in [-0.39, 0.29) is 24.1 Å². The van der Waals surface area contributed by atoms with Crippen LogP contribution in [0.4, 0.5) is 10.6 Å². The van der Waals surface area contributed by atoms with Crippen molar-refractivity contribution < 1.29 is 19.4 Å². The van der Waals surface area contributed by atoms with Gasteiger partial charge in [0, 0.05) is 50.0 Å². The van der Waals surface area contributed by atoms with Gasteiger partial charge in [0.1, 0.15) is 11.4 Å². The topological polar surface area (TPSA) is 121 Å². The van der Waals surface area contributed by atoms with E-state index in [0.717, 1.165) is 11.3 Å². The molecule has 2 N–H and O–H groups in total. The zero-order valence-electron chi connectivity index (χ0n) is 20.4. The molecule has 4 heterocycles. The molecule has 0 atom stereocenters. The highest BCUT2D eigenvalue weighted by molar-refractivity contribution is 6.00. The van der Waals surface area contributed by atoms with Crippen molar-refractivity contribution in [3.63, 3.8) is 0 Å². The van der Waals surface area contributed by atoms with Gasteiger partial charge >= 0.3 is 6.09 Å². The van der Waals surface area contributed by atoms with Gasteiger partial charge in [0.25, 0.3) is 5.91 Å². The van der Waals surface area contributed by atoms with Gasteiger partial charge in [-0.1, -0.05) is 6.07 Å². The van der Waals surface area contributed by atoms with Gasteiger partial charge in [0.2, 0.25) is 0 Å². The maximum atomic E-state index is 12.6. The molecule has 184 valence electrons. The number of piperazine rings is 1. The number of ether oxygens (including phenoxy) is 1. The molecular weight excluding hydrogens is 448 g/mol. The van der Waals surface area contributed by atoms with Gasteiger partial charge in [-0.05, 0) is 51.5 Å². The Balaban J connectivity index is 1.42. The second-order valence-electron chi connectivity index (χ2n) is 9.50. The number of amides is 2. The summed E-state index contributed by atoms with van der Waals surface area (Å²) in [5.74, 6) is 0.0229. The minimum atomic E-state index is -0.531. The molecule has 2 amide bonds. The minimum Gasteiger partial charge on any atom is -0.505 e. The number of nitrogens with zero attached hydrogens (tertiary/aromatic N) is 5. The molecule has 10 heteroatoms. The van der Waals surface area contributed by atoms with Gasteiger partial charge in [-0.2, -0.15) is 0 Å². The van der Waals surface area contributed by atoms with Gasteiger partial charge < -0.3 is 25.0 Å². The summed E-state index contributed by atoms with van der Waals surface area (Å²) in [5, 5.41) is 13.9. The normalized spacial score (nSPS) is 14.2. The maximum Gasteiger partial charge on any atom is 0.410 e. The molecule has 1 aliphatic rings. The summed E-state index contributed by atoms with van der Waals surface area (Å²) in [6, 6.07) is 7.28. The monoisotopic (exact) mass is 478 g/mol. The molecule has 0 radical (unpaired) electrons. The number of carbonyl (C=O) groups is 2. The lowest BCUT2D eigenvalue weighted by atomic mass is 10.2. The number of nitrogens with one attached hydrogen (secondary N) is 1. The van der Waals surface area contributed by atoms with Crippen LogP contribution in [0, 0.1) is 6.92 Å². The summed E-state index contributed by atoms with van der Waals surface area (Å²) < 4.78 is 5.45. The SMILES string of the molecule is Cc1ccc(CNC(=O)c2ncc3nc(N4CCN(C(=O)OC(C)(C)C)CC4)ccc3c2O)cn1. The summed E-state index contributed by atoms with van der Waals surface area (Å²) in [6.07, 6.45) is 2.86. The van der Waals surface area contributed by atoms with E-state index in [9.17, 15) is 14.7 Å². The minimum absolute atomic E-state index is 0.0573. The van der Waals surface area contributed by atoms with Crippen LogP contribution in [0.1, 0.15) is 42.5 Å². The van der Waals surface area contributed by atoms with Crippen LogP contribution >= 0.6 is 0 Å². The Hall–Kier alpha value is -3.95. The third-order valence-electron chi connectivity index (χ3n) is 5.60. The van der Waals surface area contributed by atoms with Gasteiger partial charge in [-0.25, -0.2) is 14.8 Å². The molecule has 0 saturated carbocycles. The van der Waals surface area contributed by atoms with E-state index in [4.69, 9.17) is 4.74 Å². The van der Waals surface area contributed by atoms with Crippen LogP contribution in [-0.2, 0) is 11.3 Å². The Kier molecular flexibility index (Phi) is 6.72. The third kappa shape index (κ3) is 5.76. The van der Waals surface area contributed by atoms with E-state index < -0.39 is 11.5 Å². The molecule has 10 nitrogen and oxygen atoms in total. The van der Waals surface area contributed by atoms with E-state index in [0.29, 0.717) is 42.9 Å². The average molecular weight is 479 g/mol. The molecule has 1 fully saturated rings.